The number of hydrogen-bond donors (Lipinski definition) is 1. The maximum absolute atomic E-state index is 12.7. The smallest absolute Gasteiger partial charge is 0.338 e. The van der Waals surface area contributed by atoms with E-state index in [4.69, 9.17) is 0 Å². The van der Waals surface area contributed by atoms with Crippen molar-refractivity contribution in [3.63, 3.8) is 0 Å². The molecule has 1 aromatic heterocycles. The number of amides is 1. The summed E-state index contributed by atoms with van der Waals surface area (Å²) in [5.41, 5.74) is -0.284. The van der Waals surface area contributed by atoms with Crippen LogP contribution in [0.15, 0.2) is 9.95 Å². The van der Waals surface area contributed by atoms with E-state index < -0.39 is 15.1 Å². The van der Waals surface area contributed by atoms with Crippen LogP contribution in [-0.4, -0.2) is 63.3 Å². The van der Waals surface area contributed by atoms with Gasteiger partial charge in [0.2, 0.25) is 5.91 Å². The average molecular weight is 377 g/mol. The fraction of sp³-hybridized carbons (Fsp3) is 0.786. The van der Waals surface area contributed by atoms with Gasteiger partial charge in [-0.3, -0.25) is 9.36 Å². The molecule has 136 valence electrons. The number of hydrogen-bond acceptors (Lipinski definition) is 6. The zero-order valence-electron chi connectivity index (χ0n) is 14.2. The highest BCUT2D eigenvalue weighted by atomic mass is 32.2. The Kier molecular flexibility index (Phi) is 6.13. The second kappa shape index (κ2) is 7.73. The summed E-state index contributed by atoms with van der Waals surface area (Å²) in [5, 5.41) is 6.43. The van der Waals surface area contributed by atoms with Crippen LogP contribution in [-0.2, 0) is 21.2 Å². The number of carbonyl (C=O) groups is 1. The Balaban J connectivity index is 2.09. The van der Waals surface area contributed by atoms with Gasteiger partial charge in [-0.15, -0.1) is 5.10 Å². The second-order valence-corrected chi connectivity index (χ2v) is 9.44. The van der Waals surface area contributed by atoms with Gasteiger partial charge < -0.3 is 4.90 Å². The van der Waals surface area contributed by atoms with E-state index in [0.717, 1.165) is 6.42 Å². The van der Waals surface area contributed by atoms with Crippen LogP contribution >= 0.6 is 11.8 Å². The van der Waals surface area contributed by atoms with E-state index in [0.29, 0.717) is 24.7 Å². The van der Waals surface area contributed by atoms with Crippen molar-refractivity contribution in [2.75, 3.05) is 18.1 Å². The summed E-state index contributed by atoms with van der Waals surface area (Å²) in [5.74, 6) is 0.0498. The highest BCUT2D eigenvalue weighted by molar-refractivity contribution is 8.00. The molecule has 8 nitrogen and oxygen atoms in total. The first-order chi connectivity index (χ1) is 11.3. The van der Waals surface area contributed by atoms with Crippen LogP contribution in [0.1, 0.15) is 33.6 Å². The maximum atomic E-state index is 12.7. The van der Waals surface area contributed by atoms with E-state index in [-0.39, 0.29) is 29.1 Å². The summed E-state index contributed by atoms with van der Waals surface area (Å²) in [6.07, 6.45) is 1.28. The molecule has 0 aromatic carbocycles. The Morgan fingerprint density at radius 3 is 2.75 bits per heavy atom. The molecule has 1 saturated heterocycles. The third kappa shape index (κ3) is 4.21. The fourth-order valence-electron chi connectivity index (χ4n) is 2.87. The van der Waals surface area contributed by atoms with Crippen LogP contribution in [0.3, 0.4) is 0 Å². The predicted octanol–water partition coefficient (Wildman–Crippen LogP) is 0.498. The Morgan fingerprint density at radius 2 is 2.21 bits per heavy atom. The maximum Gasteiger partial charge on any atom is 0.343 e. The lowest BCUT2D eigenvalue weighted by Gasteiger charge is -2.29. The van der Waals surface area contributed by atoms with Crippen LogP contribution in [0.25, 0.3) is 0 Å². The molecule has 0 radical (unpaired) electrons. The number of aromatic nitrogens is 3. The lowest BCUT2D eigenvalue weighted by molar-refractivity contribution is -0.131. The SMILES string of the molecule is CCCn1c(S[C@@H](C)C(=O)N(CC)[C@H]2CCS(=O)(=O)C2)n[nH]c1=O. The van der Waals surface area contributed by atoms with Crippen molar-refractivity contribution >= 4 is 27.5 Å². The number of sulfone groups is 1. The summed E-state index contributed by atoms with van der Waals surface area (Å²) >= 11 is 1.22. The van der Waals surface area contributed by atoms with E-state index in [9.17, 15) is 18.0 Å². The monoisotopic (exact) mass is 376 g/mol. The molecule has 1 amide bonds. The van der Waals surface area contributed by atoms with Gasteiger partial charge in [0, 0.05) is 19.1 Å². The van der Waals surface area contributed by atoms with Gasteiger partial charge in [0.05, 0.1) is 16.8 Å². The summed E-state index contributed by atoms with van der Waals surface area (Å²) < 4.78 is 24.9. The van der Waals surface area contributed by atoms with E-state index in [2.05, 4.69) is 10.2 Å². The quantitative estimate of drug-likeness (QED) is 0.695. The normalized spacial score (nSPS) is 20.9. The Bertz CT molecular complexity index is 740. The van der Waals surface area contributed by atoms with Crippen molar-refractivity contribution in [1.82, 2.24) is 19.7 Å². The molecule has 1 N–H and O–H groups in total. The lowest BCUT2D eigenvalue weighted by Crippen LogP contribution is -2.44. The molecule has 0 unspecified atom stereocenters. The number of rotatable bonds is 7. The van der Waals surface area contributed by atoms with Crippen molar-refractivity contribution in [2.24, 2.45) is 0 Å². The molecule has 2 heterocycles. The molecule has 10 heteroatoms. The first kappa shape index (κ1) is 19.0. The molecule has 0 saturated carbocycles. The first-order valence-electron chi connectivity index (χ1n) is 8.11. The second-order valence-electron chi connectivity index (χ2n) is 5.90. The van der Waals surface area contributed by atoms with E-state index in [1.165, 1.54) is 16.3 Å². The minimum atomic E-state index is -3.04. The van der Waals surface area contributed by atoms with Gasteiger partial charge in [-0.1, -0.05) is 18.7 Å². The van der Waals surface area contributed by atoms with Crippen LogP contribution in [0, 0.1) is 0 Å². The van der Waals surface area contributed by atoms with Crippen LogP contribution < -0.4 is 5.69 Å². The first-order valence-corrected chi connectivity index (χ1v) is 10.8. The van der Waals surface area contributed by atoms with Gasteiger partial charge in [-0.05, 0) is 26.7 Å². The molecule has 0 bridgehead atoms. The van der Waals surface area contributed by atoms with Crippen molar-refractivity contribution < 1.29 is 13.2 Å². The average Bonchev–Trinajstić information content (AvgIpc) is 3.04. The number of aromatic amines is 1. The van der Waals surface area contributed by atoms with Crippen molar-refractivity contribution in [3.05, 3.63) is 10.5 Å². The molecule has 0 aliphatic carbocycles. The Labute approximate surface area is 145 Å². The molecule has 1 aliphatic rings. The zero-order valence-corrected chi connectivity index (χ0v) is 15.8. The van der Waals surface area contributed by atoms with E-state index in [1.54, 1.807) is 11.8 Å². The number of thioether (sulfide) groups is 1. The molecule has 24 heavy (non-hydrogen) atoms. The third-order valence-corrected chi connectivity index (χ3v) is 6.90. The number of nitrogens with zero attached hydrogens (tertiary/aromatic N) is 3. The predicted molar refractivity (Wildman–Crippen MR) is 92.9 cm³/mol. The molecular formula is C14H24N4O4S2. The topological polar surface area (TPSA) is 105 Å². The van der Waals surface area contributed by atoms with Crippen LogP contribution in [0.5, 0.6) is 0 Å². The third-order valence-electron chi connectivity index (χ3n) is 4.07. The van der Waals surface area contributed by atoms with E-state index >= 15 is 0 Å². The van der Waals surface area contributed by atoms with Gasteiger partial charge in [-0.25, -0.2) is 18.3 Å². The van der Waals surface area contributed by atoms with Crippen molar-refractivity contribution in [2.45, 2.75) is 56.6 Å². The lowest BCUT2D eigenvalue weighted by atomic mass is 10.2. The summed E-state index contributed by atoms with van der Waals surface area (Å²) in [6, 6.07) is -0.257. The minimum absolute atomic E-state index is 0.0346. The molecule has 2 atom stereocenters. The Morgan fingerprint density at radius 1 is 1.50 bits per heavy atom. The van der Waals surface area contributed by atoms with Crippen molar-refractivity contribution in [3.8, 4) is 0 Å². The largest absolute Gasteiger partial charge is 0.343 e. The van der Waals surface area contributed by atoms with Gasteiger partial charge in [0.1, 0.15) is 0 Å². The number of carbonyl (C=O) groups excluding carboxylic acids is 1. The minimum Gasteiger partial charge on any atom is -0.338 e. The van der Waals surface area contributed by atoms with Gasteiger partial charge in [-0.2, -0.15) is 0 Å². The fourth-order valence-corrected chi connectivity index (χ4v) is 5.55. The summed E-state index contributed by atoms with van der Waals surface area (Å²) in [4.78, 5) is 26.1. The highest BCUT2D eigenvalue weighted by Crippen LogP contribution is 2.25. The zero-order chi connectivity index (χ0) is 17.9. The standard InChI is InChI=1S/C14H24N4O4S2/c1-4-7-18-13(20)15-16-14(18)23-10(3)12(19)17(5-2)11-6-8-24(21,22)9-11/h10-11H,4-9H2,1-3H3,(H,15,20)/t10-,11-/m0/s1. The highest BCUT2D eigenvalue weighted by Gasteiger charge is 2.35. The molecule has 0 spiro atoms. The summed E-state index contributed by atoms with van der Waals surface area (Å²) in [7, 11) is -3.04. The molecule has 1 aromatic rings. The molecule has 2 rings (SSSR count). The Hall–Kier alpha value is -1.29. The van der Waals surface area contributed by atoms with Gasteiger partial charge in [0.25, 0.3) is 0 Å². The molecule has 1 fully saturated rings. The van der Waals surface area contributed by atoms with Crippen LogP contribution in [0.4, 0.5) is 0 Å². The number of nitrogens with one attached hydrogen (secondary N) is 1. The van der Waals surface area contributed by atoms with Crippen molar-refractivity contribution in [1.29, 1.82) is 0 Å². The molecular weight excluding hydrogens is 352 g/mol. The van der Waals surface area contributed by atoms with Gasteiger partial charge >= 0.3 is 5.69 Å². The van der Waals surface area contributed by atoms with E-state index in [1.807, 2.05) is 13.8 Å². The van der Waals surface area contributed by atoms with Crippen LogP contribution in [0.2, 0.25) is 0 Å². The summed E-state index contributed by atoms with van der Waals surface area (Å²) in [6.45, 7) is 6.57. The number of H-pyrrole nitrogens is 1. The van der Waals surface area contributed by atoms with Gasteiger partial charge in [0.15, 0.2) is 15.0 Å². The molecule has 1 aliphatic heterocycles.